The number of aromatic nitrogens is 4. The van der Waals surface area contributed by atoms with Crippen LogP contribution in [0.1, 0.15) is 16.1 Å². The van der Waals surface area contributed by atoms with E-state index in [1.54, 1.807) is 10.0 Å². The molecule has 0 saturated heterocycles. The van der Waals surface area contributed by atoms with Gasteiger partial charge < -0.3 is 5.32 Å². The van der Waals surface area contributed by atoms with Gasteiger partial charge in [-0.2, -0.15) is 5.10 Å². The molecule has 7 heteroatoms. The van der Waals surface area contributed by atoms with E-state index < -0.39 is 0 Å². The van der Waals surface area contributed by atoms with Gasteiger partial charge in [0.2, 0.25) is 0 Å². The topological polar surface area (TPSA) is 72.2 Å². The number of benzene rings is 1. The van der Waals surface area contributed by atoms with Crippen molar-refractivity contribution in [3.63, 3.8) is 0 Å². The molecule has 0 aliphatic rings. The zero-order valence-corrected chi connectivity index (χ0v) is 12.2. The highest BCUT2D eigenvalue weighted by Crippen LogP contribution is 2.22. The molecule has 1 aromatic carbocycles. The zero-order valence-electron chi connectivity index (χ0n) is 11.4. The van der Waals surface area contributed by atoms with Crippen LogP contribution in [0.15, 0.2) is 48.2 Å². The van der Waals surface area contributed by atoms with Crippen molar-refractivity contribution in [3.05, 3.63) is 59.5 Å². The predicted molar refractivity (Wildman–Crippen MR) is 83.8 cm³/mol. The molecule has 0 aliphatic heterocycles. The molecule has 1 N–H and O–H groups in total. The van der Waals surface area contributed by atoms with E-state index in [0.29, 0.717) is 12.1 Å². The molecule has 3 heterocycles. The molecule has 0 saturated carbocycles. The van der Waals surface area contributed by atoms with Crippen LogP contribution >= 0.6 is 11.3 Å². The number of thiazole rings is 1. The highest BCUT2D eigenvalue weighted by Gasteiger charge is 2.12. The third kappa shape index (κ3) is 2.11. The summed E-state index contributed by atoms with van der Waals surface area (Å²) in [6, 6.07) is 11.2. The number of carbonyl (C=O) groups excluding carboxylic acids is 1. The van der Waals surface area contributed by atoms with Gasteiger partial charge in [-0.1, -0.05) is 12.1 Å². The van der Waals surface area contributed by atoms with Crippen LogP contribution in [0.5, 0.6) is 0 Å². The molecule has 0 unspecified atom stereocenters. The summed E-state index contributed by atoms with van der Waals surface area (Å²) in [6.45, 7) is 0.384. The molecular weight excluding hydrogens is 298 g/mol. The Morgan fingerprint density at radius 2 is 2.09 bits per heavy atom. The molecule has 0 bridgehead atoms. The first kappa shape index (κ1) is 12.9. The summed E-state index contributed by atoms with van der Waals surface area (Å²) in [5, 5.41) is 7.09. The van der Waals surface area contributed by atoms with Crippen LogP contribution in [0, 0.1) is 0 Å². The van der Waals surface area contributed by atoms with Gasteiger partial charge in [0, 0.05) is 0 Å². The quantitative estimate of drug-likeness (QED) is 0.630. The highest BCUT2D eigenvalue weighted by atomic mass is 32.1. The van der Waals surface area contributed by atoms with E-state index >= 15 is 0 Å². The average molecular weight is 309 g/mol. The minimum Gasteiger partial charge on any atom is -0.346 e. The minimum absolute atomic E-state index is 0.119. The lowest BCUT2D eigenvalue weighted by Crippen LogP contribution is -2.24. The Morgan fingerprint density at radius 1 is 1.18 bits per heavy atom. The van der Waals surface area contributed by atoms with Gasteiger partial charge >= 0.3 is 0 Å². The number of hydrogen-bond acceptors (Lipinski definition) is 5. The van der Waals surface area contributed by atoms with Crippen molar-refractivity contribution in [3.8, 4) is 0 Å². The van der Waals surface area contributed by atoms with Crippen LogP contribution in [0.4, 0.5) is 0 Å². The van der Waals surface area contributed by atoms with Crippen molar-refractivity contribution in [2.75, 3.05) is 0 Å². The lowest BCUT2D eigenvalue weighted by molar-refractivity contribution is 0.0952. The van der Waals surface area contributed by atoms with E-state index in [-0.39, 0.29) is 5.91 Å². The first-order chi connectivity index (χ1) is 10.8. The van der Waals surface area contributed by atoms with Gasteiger partial charge in [0.1, 0.15) is 6.33 Å². The molecule has 0 atom stereocenters. The molecule has 6 nitrogen and oxygen atoms in total. The Morgan fingerprint density at radius 3 is 3.05 bits per heavy atom. The molecule has 0 radical (unpaired) electrons. The summed E-state index contributed by atoms with van der Waals surface area (Å²) in [6.07, 6.45) is 1.50. The second kappa shape index (κ2) is 5.19. The Balaban J connectivity index is 1.60. The molecule has 108 valence electrons. The fourth-order valence-corrected chi connectivity index (χ4v) is 3.17. The van der Waals surface area contributed by atoms with Crippen molar-refractivity contribution in [2.24, 2.45) is 0 Å². The Kier molecular flexibility index (Phi) is 3.05. The van der Waals surface area contributed by atoms with Crippen LogP contribution < -0.4 is 5.32 Å². The normalized spacial score (nSPS) is 11.1. The predicted octanol–water partition coefficient (Wildman–Crippen LogP) is 2.27. The minimum atomic E-state index is -0.119. The monoisotopic (exact) mass is 309 g/mol. The molecule has 4 rings (SSSR count). The van der Waals surface area contributed by atoms with Gasteiger partial charge in [-0.05, 0) is 24.3 Å². The molecule has 0 fully saturated rings. The maximum absolute atomic E-state index is 12.4. The van der Waals surface area contributed by atoms with Crippen molar-refractivity contribution in [1.29, 1.82) is 0 Å². The van der Waals surface area contributed by atoms with Crippen LogP contribution in [0.25, 0.3) is 15.9 Å². The van der Waals surface area contributed by atoms with Crippen molar-refractivity contribution >= 4 is 33.1 Å². The summed E-state index contributed by atoms with van der Waals surface area (Å²) in [4.78, 5) is 20.8. The smallest absolute Gasteiger partial charge is 0.253 e. The zero-order chi connectivity index (χ0) is 14.9. The van der Waals surface area contributed by atoms with Crippen LogP contribution in [-0.2, 0) is 6.54 Å². The first-order valence-corrected chi connectivity index (χ1v) is 7.59. The summed E-state index contributed by atoms with van der Waals surface area (Å²) in [5.74, 6) is -0.119. The number of fused-ring (bicyclic) bond motifs is 2. The molecule has 1 amide bonds. The number of nitrogens with zero attached hydrogens (tertiary/aromatic N) is 4. The SMILES string of the molecule is O=C(NCc1cccc2ncnn12)c1cccc2ncsc12. The number of nitrogens with one attached hydrogen (secondary N) is 1. The van der Waals surface area contributed by atoms with Crippen LogP contribution in [0.3, 0.4) is 0 Å². The molecule has 3 aromatic heterocycles. The van der Waals surface area contributed by atoms with Gasteiger partial charge in [0.15, 0.2) is 5.65 Å². The largest absolute Gasteiger partial charge is 0.346 e. The summed E-state index contributed by atoms with van der Waals surface area (Å²) >= 11 is 1.47. The van der Waals surface area contributed by atoms with Gasteiger partial charge in [-0.3, -0.25) is 4.79 Å². The molecule has 0 spiro atoms. The average Bonchev–Trinajstić information content (AvgIpc) is 3.20. The third-order valence-corrected chi connectivity index (χ3v) is 4.29. The molecule has 22 heavy (non-hydrogen) atoms. The van der Waals surface area contributed by atoms with Crippen LogP contribution in [0.2, 0.25) is 0 Å². The second-order valence-corrected chi connectivity index (χ2v) is 5.59. The van der Waals surface area contributed by atoms with E-state index in [1.807, 2.05) is 36.4 Å². The number of pyridine rings is 1. The summed E-state index contributed by atoms with van der Waals surface area (Å²) in [5.41, 5.74) is 4.87. The highest BCUT2D eigenvalue weighted by molar-refractivity contribution is 7.17. The van der Waals surface area contributed by atoms with E-state index in [1.165, 1.54) is 17.7 Å². The number of rotatable bonds is 3. The Hall–Kier alpha value is -2.80. The second-order valence-electron chi connectivity index (χ2n) is 4.74. The van der Waals surface area contributed by atoms with E-state index in [4.69, 9.17) is 0 Å². The maximum atomic E-state index is 12.4. The van der Waals surface area contributed by atoms with E-state index in [2.05, 4.69) is 20.4 Å². The number of amides is 1. The van der Waals surface area contributed by atoms with Crippen molar-refractivity contribution in [1.82, 2.24) is 24.9 Å². The first-order valence-electron chi connectivity index (χ1n) is 6.71. The number of carbonyl (C=O) groups is 1. The van der Waals surface area contributed by atoms with Gasteiger partial charge in [-0.25, -0.2) is 14.5 Å². The van der Waals surface area contributed by atoms with Crippen LogP contribution in [-0.4, -0.2) is 25.5 Å². The lowest BCUT2D eigenvalue weighted by atomic mass is 10.2. The fourth-order valence-electron chi connectivity index (χ4n) is 2.37. The third-order valence-electron chi connectivity index (χ3n) is 3.41. The number of hydrogen-bond donors (Lipinski definition) is 1. The standard InChI is InChI=1S/C15H11N5OS/c21-15(11-4-2-5-12-14(11)22-9-18-12)16-7-10-3-1-6-13-17-8-19-20(10)13/h1-6,8-9H,7H2,(H,16,21). The maximum Gasteiger partial charge on any atom is 0.253 e. The molecule has 0 aliphatic carbocycles. The molecule has 4 aromatic rings. The van der Waals surface area contributed by atoms with Gasteiger partial charge in [0.25, 0.3) is 5.91 Å². The van der Waals surface area contributed by atoms with E-state index in [0.717, 1.165) is 21.6 Å². The van der Waals surface area contributed by atoms with Crippen molar-refractivity contribution in [2.45, 2.75) is 6.54 Å². The Bertz CT molecular complexity index is 974. The summed E-state index contributed by atoms with van der Waals surface area (Å²) < 4.78 is 2.62. The van der Waals surface area contributed by atoms with Gasteiger partial charge in [-0.15, -0.1) is 11.3 Å². The van der Waals surface area contributed by atoms with Crippen molar-refractivity contribution < 1.29 is 4.79 Å². The van der Waals surface area contributed by atoms with E-state index in [9.17, 15) is 4.79 Å². The fraction of sp³-hybridized carbons (Fsp3) is 0.0667. The van der Waals surface area contributed by atoms with Gasteiger partial charge in [0.05, 0.1) is 33.5 Å². The Labute approximate surface area is 129 Å². The lowest BCUT2D eigenvalue weighted by Gasteiger charge is -2.07. The molecular formula is C15H11N5OS. The summed E-state index contributed by atoms with van der Waals surface area (Å²) in [7, 11) is 0.